The van der Waals surface area contributed by atoms with Crippen LogP contribution in [0.3, 0.4) is 0 Å². The Bertz CT molecular complexity index is 569. The number of nitrogens with zero attached hydrogens (tertiary/aromatic N) is 3. The lowest BCUT2D eigenvalue weighted by Crippen LogP contribution is -2.20. The summed E-state index contributed by atoms with van der Waals surface area (Å²) >= 11 is 5.82. The molecule has 0 fully saturated rings. The van der Waals surface area contributed by atoms with Crippen molar-refractivity contribution in [1.29, 1.82) is 0 Å². The minimum absolute atomic E-state index is 0.452. The number of hydrogen-bond acceptors (Lipinski definition) is 3. The van der Waals surface area contributed by atoms with Crippen LogP contribution in [-0.4, -0.2) is 17.0 Å². The van der Waals surface area contributed by atoms with Gasteiger partial charge in [0.2, 0.25) is 5.95 Å². The van der Waals surface area contributed by atoms with E-state index in [0.29, 0.717) is 5.88 Å². The molecule has 0 amide bonds. The van der Waals surface area contributed by atoms with Crippen LogP contribution in [0.1, 0.15) is 22.4 Å². The van der Waals surface area contributed by atoms with Crippen molar-refractivity contribution >= 4 is 17.5 Å². The van der Waals surface area contributed by atoms with Gasteiger partial charge in [0, 0.05) is 31.0 Å². The fourth-order valence-electron chi connectivity index (χ4n) is 1.91. The second kappa shape index (κ2) is 6.02. The fourth-order valence-corrected chi connectivity index (χ4v) is 2.17. The second-order valence-corrected chi connectivity index (χ2v) is 4.96. The van der Waals surface area contributed by atoms with Crippen LogP contribution in [0.4, 0.5) is 5.95 Å². The second-order valence-electron chi connectivity index (χ2n) is 4.70. The van der Waals surface area contributed by atoms with Gasteiger partial charge in [-0.05, 0) is 25.0 Å². The first kappa shape index (κ1) is 13.8. The molecule has 3 nitrogen and oxygen atoms in total. The van der Waals surface area contributed by atoms with Crippen LogP contribution in [0.2, 0.25) is 0 Å². The molecule has 0 aliphatic heterocycles. The van der Waals surface area contributed by atoms with Crippen molar-refractivity contribution in [3.8, 4) is 0 Å². The molecular formula is C15H18ClN3. The van der Waals surface area contributed by atoms with Gasteiger partial charge in [0.15, 0.2) is 0 Å². The average Bonchev–Trinajstić information content (AvgIpc) is 2.41. The van der Waals surface area contributed by atoms with Gasteiger partial charge in [0.1, 0.15) is 0 Å². The Labute approximate surface area is 119 Å². The third kappa shape index (κ3) is 3.24. The first-order valence-electron chi connectivity index (χ1n) is 6.26. The standard InChI is InChI=1S/C15H18ClN3/c1-11-6-4-5-7-13(11)10-19(3)15-17-9-14(8-16)12(2)18-15/h4-7,9H,8,10H2,1-3H3. The molecule has 19 heavy (non-hydrogen) atoms. The predicted octanol–water partition coefficient (Wildman–Crippen LogP) is 3.47. The number of aromatic nitrogens is 2. The van der Waals surface area contributed by atoms with Crippen molar-refractivity contribution in [3.63, 3.8) is 0 Å². The summed E-state index contributed by atoms with van der Waals surface area (Å²) in [4.78, 5) is 10.9. The van der Waals surface area contributed by atoms with Crippen LogP contribution in [0, 0.1) is 13.8 Å². The quantitative estimate of drug-likeness (QED) is 0.800. The van der Waals surface area contributed by atoms with Gasteiger partial charge in [-0.2, -0.15) is 0 Å². The summed E-state index contributed by atoms with van der Waals surface area (Å²) in [5, 5.41) is 0. The molecule has 0 unspecified atom stereocenters. The normalized spacial score (nSPS) is 10.5. The van der Waals surface area contributed by atoms with E-state index in [0.717, 1.165) is 23.8 Å². The Morgan fingerprint density at radius 3 is 2.53 bits per heavy atom. The smallest absolute Gasteiger partial charge is 0.225 e. The third-order valence-electron chi connectivity index (χ3n) is 3.22. The molecule has 0 bridgehead atoms. The van der Waals surface area contributed by atoms with E-state index < -0.39 is 0 Å². The maximum Gasteiger partial charge on any atom is 0.225 e. The molecular weight excluding hydrogens is 258 g/mol. The van der Waals surface area contributed by atoms with E-state index in [1.165, 1.54) is 11.1 Å². The lowest BCUT2D eigenvalue weighted by molar-refractivity contribution is 0.849. The zero-order chi connectivity index (χ0) is 13.8. The molecule has 100 valence electrons. The lowest BCUT2D eigenvalue weighted by Gasteiger charge is -2.19. The number of benzene rings is 1. The third-order valence-corrected chi connectivity index (χ3v) is 3.51. The summed E-state index contributed by atoms with van der Waals surface area (Å²) in [5.41, 5.74) is 4.49. The summed E-state index contributed by atoms with van der Waals surface area (Å²) in [7, 11) is 2.00. The summed E-state index contributed by atoms with van der Waals surface area (Å²) in [5.74, 6) is 1.18. The van der Waals surface area contributed by atoms with Crippen molar-refractivity contribution in [3.05, 3.63) is 52.8 Å². The van der Waals surface area contributed by atoms with Crippen LogP contribution in [0.25, 0.3) is 0 Å². The molecule has 0 atom stereocenters. The highest BCUT2D eigenvalue weighted by atomic mass is 35.5. The molecule has 0 aliphatic rings. The summed E-state index contributed by atoms with van der Waals surface area (Å²) < 4.78 is 0. The number of alkyl halides is 1. The molecule has 0 spiro atoms. The first-order valence-corrected chi connectivity index (χ1v) is 6.79. The topological polar surface area (TPSA) is 29.0 Å². The van der Waals surface area contributed by atoms with Gasteiger partial charge in [-0.1, -0.05) is 24.3 Å². The zero-order valence-corrected chi connectivity index (χ0v) is 12.3. The van der Waals surface area contributed by atoms with E-state index in [9.17, 15) is 0 Å². The van der Waals surface area contributed by atoms with Crippen molar-refractivity contribution in [2.24, 2.45) is 0 Å². The Kier molecular flexibility index (Phi) is 4.38. The molecule has 1 aromatic carbocycles. The molecule has 2 rings (SSSR count). The van der Waals surface area contributed by atoms with Crippen molar-refractivity contribution in [2.45, 2.75) is 26.3 Å². The number of hydrogen-bond donors (Lipinski definition) is 0. The molecule has 0 saturated heterocycles. The van der Waals surface area contributed by atoms with E-state index >= 15 is 0 Å². The highest BCUT2D eigenvalue weighted by molar-refractivity contribution is 6.17. The summed E-state index contributed by atoms with van der Waals surface area (Å²) in [6.45, 7) is 4.88. The monoisotopic (exact) mass is 275 g/mol. The Balaban J connectivity index is 2.18. The number of anilines is 1. The molecule has 2 aromatic rings. The van der Waals surface area contributed by atoms with Gasteiger partial charge in [-0.25, -0.2) is 9.97 Å². The van der Waals surface area contributed by atoms with Gasteiger partial charge in [0.05, 0.1) is 5.88 Å². The van der Waals surface area contributed by atoms with Crippen LogP contribution in [0.5, 0.6) is 0 Å². The lowest BCUT2D eigenvalue weighted by atomic mass is 10.1. The molecule has 4 heteroatoms. The predicted molar refractivity (Wildman–Crippen MR) is 79.6 cm³/mol. The molecule has 1 aromatic heterocycles. The van der Waals surface area contributed by atoms with Crippen LogP contribution in [0.15, 0.2) is 30.5 Å². The molecule has 0 radical (unpaired) electrons. The first-order chi connectivity index (χ1) is 9.11. The summed E-state index contributed by atoms with van der Waals surface area (Å²) in [6.07, 6.45) is 1.80. The summed E-state index contributed by atoms with van der Waals surface area (Å²) in [6, 6.07) is 8.35. The minimum Gasteiger partial charge on any atom is -0.340 e. The highest BCUT2D eigenvalue weighted by Crippen LogP contribution is 2.15. The molecule has 0 aliphatic carbocycles. The number of aryl methyl sites for hydroxylation is 2. The van der Waals surface area contributed by atoms with Crippen LogP contribution in [-0.2, 0) is 12.4 Å². The Morgan fingerprint density at radius 2 is 1.89 bits per heavy atom. The molecule has 0 N–H and O–H groups in total. The minimum atomic E-state index is 0.452. The SMILES string of the molecule is Cc1ccccc1CN(C)c1ncc(CCl)c(C)n1. The van der Waals surface area contributed by atoms with Crippen molar-refractivity contribution in [2.75, 3.05) is 11.9 Å². The van der Waals surface area contributed by atoms with E-state index in [-0.39, 0.29) is 0 Å². The maximum atomic E-state index is 5.82. The molecule has 1 heterocycles. The van der Waals surface area contributed by atoms with Gasteiger partial charge in [-0.15, -0.1) is 11.6 Å². The van der Waals surface area contributed by atoms with Gasteiger partial charge < -0.3 is 4.90 Å². The molecule has 0 saturated carbocycles. The van der Waals surface area contributed by atoms with E-state index in [2.05, 4.69) is 41.2 Å². The number of halogens is 1. The fraction of sp³-hybridized carbons (Fsp3) is 0.333. The Hall–Kier alpha value is -1.61. The van der Waals surface area contributed by atoms with Gasteiger partial charge in [0.25, 0.3) is 0 Å². The maximum absolute atomic E-state index is 5.82. The van der Waals surface area contributed by atoms with E-state index in [1.54, 1.807) is 6.20 Å². The van der Waals surface area contributed by atoms with E-state index in [4.69, 9.17) is 11.6 Å². The van der Waals surface area contributed by atoms with Crippen LogP contribution < -0.4 is 4.90 Å². The van der Waals surface area contributed by atoms with E-state index in [1.807, 2.05) is 18.9 Å². The van der Waals surface area contributed by atoms with Crippen LogP contribution >= 0.6 is 11.6 Å². The average molecular weight is 276 g/mol. The van der Waals surface area contributed by atoms with Gasteiger partial charge >= 0.3 is 0 Å². The Morgan fingerprint density at radius 1 is 1.16 bits per heavy atom. The van der Waals surface area contributed by atoms with Crippen molar-refractivity contribution < 1.29 is 0 Å². The zero-order valence-electron chi connectivity index (χ0n) is 11.5. The van der Waals surface area contributed by atoms with Gasteiger partial charge in [-0.3, -0.25) is 0 Å². The highest BCUT2D eigenvalue weighted by Gasteiger charge is 2.08. The van der Waals surface area contributed by atoms with Crippen molar-refractivity contribution in [1.82, 2.24) is 9.97 Å². The largest absolute Gasteiger partial charge is 0.340 e. The number of rotatable bonds is 4.